The third-order valence-corrected chi connectivity index (χ3v) is 6.15. The minimum atomic E-state index is -0.0699. The van der Waals surface area contributed by atoms with E-state index in [2.05, 4.69) is 76.5 Å². The molecular formula is C22H25BrN4OS. The van der Waals surface area contributed by atoms with Crippen molar-refractivity contribution in [3.8, 4) is 11.4 Å². The minimum Gasteiger partial charge on any atom is -0.325 e. The van der Waals surface area contributed by atoms with Gasteiger partial charge in [0.1, 0.15) is 0 Å². The molecule has 0 atom stereocenters. The van der Waals surface area contributed by atoms with Crippen LogP contribution in [0.5, 0.6) is 0 Å². The number of nitrogens with zero attached hydrogens (tertiary/aromatic N) is 3. The number of hydrogen-bond donors (Lipinski definition) is 1. The van der Waals surface area contributed by atoms with Crippen LogP contribution >= 0.6 is 27.7 Å². The molecule has 2 aromatic carbocycles. The van der Waals surface area contributed by atoms with E-state index in [0.717, 1.165) is 27.1 Å². The number of amides is 1. The van der Waals surface area contributed by atoms with E-state index in [1.54, 1.807) is 0 Å². The van der Waals surface area contributed by atoms with Gasteiger partial charge in [0, 0.05) is 22.8 Å². The summed E-state index contributed by atoms with van der Waals surface area (Å²) in [4.78, 5) is 12.3. The van der Waals surface area contributed by atoms with Gasteiger partial charge >= 0.3 is 0 Å². The molecule has 3 aromatic rings. The number of hydrogen-bond acceptors (Lipinski definition) is 4. The van der Waals surface area contributed by atoms with E-state index in [4.69, 9.17) is 0 Å². The van der Waals surface area contributed by atoms with Gasteiger partial charge in [-0.1, -0.05) is 72.7 Å². The molecule has 0 saturated heterocycles. The number of benzene rings is 2. The molecule has 0 aliphatic carbocycles. The van der Waals surface area contributed by atoms with Gasteiger partial charge < -0.3 is 9.88 Å². The van der Waals surface area contributed by atoms with Gasteiger partial charge in [-0.05, 0) is 41.7 Å². The van der Waals surface area contributed by atoms with Crippen molar-refractivity contribution in [2.24, 2.45) is 7.05 Å². The summed E-state index contributed by atoms with van der Waals surface area (Å²) in [5.41, 5.74) is 4.22. The second-order valence-corrected chi connectivity index (χ2v) is 9.85. The summed E-state index contributed by atoms with van der Waals surface area (Å²) in [6, 6.07) is 14.2. The molecule has 3 rings (SSSR count). The fourth-order valence-electron chi connectivity index (χ4n) is 2.89. The molecule has 152 valence electrons. The maximum absolute atomic E-state index is 12.3. The maximum Gasteiger partial charge on any atom is 0.234 e. The van der Waals surface area contributed by atoms with Crippen molar-refractivity contribution in [3.05, 3.63) is 58.1 Å². The molecule has 1 amide bonds. The van der Waals surface area contributed by atoms with E-state index in [1.807, 2.05) is 36.7 Å². The summed E-state index contributed by atoms with van der Waals surface area (Å²) in [5, 5.41) is 12.2. The highest BCUT2D eigenvalue weighted by atomic mass is 79.9. The van der Waals surface area contributed by atoms with E-state index < -0.39 is 0 Å². The molecule has 0 bridgehead atoms. The first-order chi connectivity index (χ1) is 13.6. The van der Waals surface area contributed by atoms with Gasteiger partial charge in [-0.15, -0.1) is 10.2 Å². The molecular weight excluding hydrogens is 448 g/mol. The normalized spacial score (nSPS) is 11.5. The van der Waals surface area contributed by atoms with Gasteiger partial charge in [-0.2, -0.15) is 0 Å². The molecule has 0 saturated carbocycles. The molecule has 0 spiro atoms. The van der Waals surface area contributed by atoms with Crippen molar-refractivity contribution in [1.29, 1.82) is 0 Å². The molecule has 0 fully saturated rings. The van der Waals surface area contributed by atoms with E-state index in [0.29, 0.717) is 5.16 Å². The van der Waals surface area contributed by atoms with Crippen LogP contribution in [-0.4, -0.2) is 26.4 Å². The third kappa shape index (κ3) is 5.28. The Morgan fingerprint density at radius 2 is 1.83 bits per heavy atom. The SMILES string of the molecule is Cc1cc(Br)ccc1NC(=O)CSc1nnc(-c2ccc(C(C)(C)C)cc2)n1C. The van der Waals surface area contributed by atoms with Crippen LogP contribution in [0.2, 0.25) is 0 Å². The summed E-state index contributed by atoms with van der Waals surface area (Å²) in [7, 11) is 1.92. The fourth-order valence-corrected chi connectivity index (χ4v) is 4.08. The van der Waals surface area contributed by atoms with Crippen molar-refractivity contribution in [3.63, 3.8) is 0 Å². The summed E-state index contributed by atoms with van der Waals surface area (Å²) in [6.07, 6.45) is 0. The fraction of sp³-hybridized carbons (Fsp3) is 0.318. The lowest BCUT2D eigenvalue weighted by molar-refractivity contribution is -0.113. The molecule has 0 aliphatic rings. The lowest BCUT2D eigenvalue weighted by Crippen LogP contribution is -2.15. The first-order valence-corrected chi connectivity index (χ1v) is 11.1. The highest BCUT2D eigenvalue weighted by molar-refractivity contribution is 9.10. The molecule has 0 radical (unpaired) electrons. The molecule has 0 aliphatic heterocycles. The number of halogens is 1. The standard InChI is InChI=1S/C22H25BrN4OS/c1-14-12-17(23)10-11-18(14)24-19(28)13-29-21-26-25-20(27(21)5)15-6-8-16(9-7-15)22(2,3)4/h6-12H,13H2,1-5H3,(H,24,28). The summed E-state index contributed by atoms with van der Waals surface area (Å²) in [6.45, 7) is 8.55. The van der Waals surface area contributed by atoms with Crippen molar-refractivity contribution in [1.82, 2.24) is 14.8 Å². The van der Waals surface area contributed by atoms with Crippen molar-refractivity contribution in [2.45, 2.75) is 38.3 Å². The van der Waals surface area contributed by atoms with E-state index in [1.165, 1.54) is 17.3 Å². The monoisotopic (exact) mass is 472 g/mol. The van der Waals surface area contributed by atoms with Crippen LogP contribution in [0.1, 0.15) is 31.9 Å². The van der Waals surface area contributed by atoms with Crippen LogP contribution < -0.4 is 5.32 Å². The number of aromatic nitrogens is 3. The predicted octanol–water partition coefficient (Wildman–Crippen LogP) is 5.58. The summed E-state index contributed by atoms with van der Waals surface area (Å²) >= 11 is 4.81. The first-order valence-electron chi connectivity index (χ1n) is 9.34. The van der Waals surface area contributed by atoms with Crippen LogP contribution in [0.25, 0.3) is 11.4 Å². The van der Waals surface area contributed by atoms with Gasteiger partial charge in [0.15, 0.2) is 11.0 Å². The van der Waals surface area contributed by atoms with Gasteiger partial charge in [0.25, 0.3) is 0 Å². The predicted molar refractivity (Wildman–Crippen MR) is 123 cm³/mol. The Morgan fingerprint density at radius 3 is 2.45 bits per heavy atom. The summed E-state index contributed by atoms with van der Waals surface area (Å²) in [5.74, 6) is 0.987. The Balaban J connectivity index is 1.66. The van der Waals surface area contributed by atoms with Crippen molar-refractivity contribution in [2.75, 3.05) is 11.1 Å². The number of anilines is 1. The smallest absolute Gasteiger partial charge is 0.234 e. The van der Waals surface area contributed by atoms with Crippen LogP contribution in [0, 0.1) is 6.92 Å². The zero-order valence-corrected chi connectivity index (χ0v) is 19.7. The van der Waals surface area contributed by atoms with Crippen molar-refractivity contribution < 1.29 is 4.79 Å². The second-order valence-electron chi connectivity index (χ2n) is 7.99. The van der Waals surface area contributed by atoms with E-state index >= 15 is 0 Å². The number of nitrogens with one attached hydrogen (secondary N) is 1. The second kappa shape index (κ2) is 8.71. The lowest BCUT2D eigenvalue weighted by Gasteiger charge is -2.19. The highest BCUT2D eigenvalue weighted by Gasteiger charge is 2.16. The Labute approximate surface area is 184 Å². The zero-order valence-electron chi connectivity index (χ0n) is 17.3. The number of rotatable bonds is 5. The lowest BCUT2D eigenvalue weighted by atomic mass is 9.87. The third-order valence-electron chi connectivity index (χ3n) is 4.64. The summed E-state index contributed by atoms with van der Waals surface area (Å²) < 4.78 is 2.92. The van der Waals surface area contributed by atoms with Gasteiger partial charge in [0.05, 0.1) is 5.75 Å². The molecule has 5 nitrogen and oxygen atoms in total. The number of aryl methyl sites for hydroxylation is 1. The first kappa shape index (κ1) is 21.6. The zero-order chi connectivity index (χ0) is 21.2. The average Bonchev–Trinajstić information content (AvgIpc) is 3.02. The molecule has 1 aromatic heterocycles. The Bertz CT molecular complexity index is 1020. The molecule has 7 heteroatoms. The van der Waals surface area contributed by atoms with Crippen molar-refractivity contribution >= 4 is 39.3 Å². The molecule has 0 unspecified atom stereocenters. The largest absolute Gasteiger partial charge is 0.325 e. The molecule has 1 heterocycles. The quantitative estimate of drug-likeness (QED) is 0.492. The number of thioether (sulfide) groups is 1. The van der Waals surface area contributed by atoms with E-state index in [9.17, 15) is 4.79 Å². The van der Waals surface area contributed by atoms with Gasteiger partial charge in [0.2, 0.25) is 5.91 Å². The molecule has 1 N–H and O–H groups in total. The topological polar surface area (TPSA) is 59.8 Å². The minimum absolute atomic E-state index is 0.0699. The molecule has 29 heavy (non-hydrogen) atoms. The average molecular weight is 473 g/mol. The van der Waals surface area contributed by atoms with Crippen LogP contribution in [0.4, 0.5) is 5.69 Å². The van der Waals surface area contributed by atoms with E-state index in [-0.39, 0.29) is 17.1 Å². The van der Waals surface area contributed by atoms with Gasteiger partial charge in [-0.3, -0.25) is 4.79 Å². The van der Waals surface area contributed by atoms with Crippen LogP contribution in [-0.2, 0) is 17.3 Å². The Hall–Kier alpha value is -2.12. The van der Waals surface area contributed by atoms with Crippen LogP contribution in [0.3, 0.4) is 0 Å². The van der Waals surface area contributed by atoms with Crippen LogP contribution in [0.15, 0.2) is 52.1 Å². The Kier molecular flexibility index (Phi) is 6.49. The Morgan fingerprint density at radius 1 is 1.14 bits per heavy atom. The highest BCUT2D eigenvalue weighted by Crippen LogP contribution is 2.27. The number of carbonyl (C=O) groups is 1. The van der Waals surface area contributed by atoms with Gasteiger partial charge in [-0.25, -0.2) is 0 Å². The maximum atomic E-state index is 12.3. The number of carbonyl (C=O) groups excluding carboxylic acids is 1.